The molecule has 0 bridgehead atoms. The molecule has 1 fully saturated rings. The van der Waals surface area contributed by atoms with E-state index < -0.39 is 0 Å². The molecule has 0 amide bonds. The average molecular weight is 350 g/mol. The lowest BCUT2D eigenvalue weighted by Crippen LogP contribution is -2.42. The van der Waals surface area contributed by atoms with Crippen LogP contribution in [0, 0.1) is 0 Å². The maximum atomic E-state index is 10.7. The Bertz CT molecular complexity index is 936. The zero-order valence-electron chi connectivity index (χ0n) is 14.5. The fourth-order valence-electron chi connectivity index (χ4n) is 4.13. The number of aromatic amines is 1. The third-order valence-electron chi connectivity index (χ3n) is 5.51. The van der Waals surface area contributed by atoms with Crippen LogP contribution in [0.2, 0.25) is 0 Å². The van der Waals surface area contributed by atoms with E-state index in [4.69, 9.17) is 9.47 Å². The highest BCUT2D eigenvalue weighted by atomic mass is 16.7. The van der Waals surface area contributed by atoms with Gasteiger partial charge in [0, 0.05) is 30.7 Å². The lowest BCUT2D eigenvalue weighted by Gasteiger charge is -2.36. The molecule has 134 valence electrons. The summed E-state index contributed by atoms with van der Waals surface area (Å²) in [5, 5.41) is 12.0. The van der Waals surface area contributed by atoms with Gasteiger partial charge in [-0.05, 0) is 59.8 Å². The van der Waals surface area contributed by atoms with Gasteiger partial charge >= 0.3 is 0 Å². The SMILES string of the molecule is O[C@@H]1CN(Cc2ccc3[nH]ccc3c2)CC[C@H]1c1ccc2c(c1)OCO2. The number of fused-ring (bicyclic) bond motifs is 2. The normalized spacial score (nSPS) is 22.8. The summed E-state index contributed by atoms with van der Waals surface area (Å²) in [6.07, 6.45) is 2.53. The van der Waals surface area contributed by atoms with Crippen LogP contribution < -0.4 is 9.47 Å². The first-order valence-electron chi connectivity index (χ1n) is 9.12. The van der Waals surface area contributed by atoms with Crippen LogP contribution in [-0.4, -0.2) is 41.0 Å². The van der Waals surface area contributed by atoms with Gasteiger partial charge in [0.1, 0.15) is 0 Å². The highest BCUT2D eigenvalue weighted by molar-refractivity contribution is 5.79. The molecule has 2 N–H and O–H groups in total. The predicted octanol–water partition coefficient (Wildman–Crippen LogP) is 3.25. The smallest absolute Gasteiger partial charge is 0.231 e. The van der Waals surface area contributed by atoms with E-state index >= 15 is 0 Å². The van der Waals surface area contributed by atoms with Crippen molar-refractivity contribution in [3.8, 4) is 11.5 Å². The average Bonchev–Trinajstić information content (AvgIpc) is 3.29. The number of nitrogens with zero attached hydrogens (tertiary/aromatic N) is 1. The maximum Gasteiger partial charge on any atom is 0.231 e. The Morgan fingerprint density at radius 2 is 2.00 bits per heavy atom. The minimum absolute atomic E-state index is 0.146. The van der Waals surface area contributed by atoms with E-state index in [-0.39, 0.29) is 18.8 Å². The van der Waals surface area contributed by atoms with E-state index in [1.165, 1.54) is 10.9 Å². The molecule has 0 spiro atoms. The summed E-state index contributed by atoms with van der Waals surface area (Å²) in [7, 11) is 0. The van der Waals surface area contributed by atoms with Crippen LogP contribution in [-0.2, 0) is 6.54 Å². The van der Waals surface area contributed by atoms with Gasteiger partial charge < -0.3 is 19.6 Å². The number of β-amino-alcohol motifs (C(OH)–C–C–N with tert-alkyl or cyclic N) is 1. The summed E-state index contributed by atoms with van der Waals surface area (Å²) in [6.45, 7) is 2.81. The van der Waals surface area contributed by atoms with E-state index in [1.807, 2.05) is 18.3 Å². The Balaban J connectivity index is 1.28. The fraction of sp³-hybridized carbons (Fsp3) is 0.333. The number of benzene rings is 2. The number of aliphatic hydroxyl groups excluding tert-OH is 1. The number of rotatable bonds is 3. The molecular weight excluding hydrogens is 328 g/mol. The monoisotopic (exact) mass is 350 g/mol. The number of piperidine rings is 1. The van der Waals surface area contributed by atoms with E-state index in [0.717, 1.165) is 42.1 Å². The molecule has 5 rings (SSSR count). The summed E-state index contributed by atoms with van der Waals surface area (Å²) >= 11 is 0. The van der Waals surface area contributed by atoms with Gasteiger partial charge in [-0.15, -0.1) is 0 Å². The first-order chi connectivity index (χ1) is 12.8. The topological polar surface area (TPSA) is 57.7 Å². The van der Waals surface area contributed by atoms with E-state index in [1.54, 1.807) is 0 Å². The van der Waals surface area contributed by atoms with Crippen LogP contribution in [0.4, 0.5) is 0 Å². The summed E-state index contributed by atoms with van der Waals surface area (Å²) in [5.41, 5.74) is 3.58. The predicted molar refractivity (Wildman–Crippen MR) is 99.5 cm³/mol. The number of hydrogen-bond acceptors (Lipinski definition) is 4. The number of ether oxygens (including phenoxy) is 2. The molecule has 0 aliphatic carbocycles. The number of nitrogens with one attached hydrogen (secondary N) is 1. The number of aliphatic hydroxyl groups is 1. The molecule has 1 aromatic heterocycles. The van der Waals surface area contributed by atoms with Gasteiger partial charge in [-0.2, -0.15) is 0 Å². The van der Waals surface area contributed by atoms with Crippen molar-refractivity contribution >= 4 is 10.9 Å². The lowest BCUT2D eigenvalue weighted by atomic mass is 9.86. The first-order valence-corrected chi connectivity index (χ1v) is 9.12. The molecule has 2 aliphatic heterocycles. The maximum absolute atomic E-state index is 10.7. The lowest BCUT2D eigenvalue weighted by molar-refractivity contribution is 0.0476. The number of likely N-dealkylation sites (tertiary alicyclic amines) is 1. The quantitative estimate of drug-likeness (QED) is 0.761. The second-order valence-electron chi connectivity index (χ2n) is 7.21. The van der Waals surface area contributed by atoms with Crippen LogP contribution in [0.15, 0.2) is 48.7 Å². The Morgan fingerprint density at radius 1 is 1.08 bits per heavy atom. The van der Waals surface area contributed by atoms with Gasteiger partial charge in [0.25, 0.3) is 0 Å². The van der Waals surface area contributed by atoms with Crippen molar-refractivity contribution in [1.82, 2.24) is 9.88 Å². The van der Waals surface area contributed by atoms with Gasteiger partial charge in [-0.25, -0.2) is 0 Å². The Labute approximate surface area is 152 Å². The highest BCUT2D eigenvalue weighted by Gasteiger charge is 2.30. The van der Waals surface area contributed by atoms with Crippen LogP contribution in [0.25, 0.3) is 10.9 Å². The van der Waals surface area contributed by atoms with E-state index in [0.29, 0.717) is 6.54 Å². The Kier molecular flexibility index (Phi) is 3.84. The van der Waals surface area contributed by atoms with Crippen LogP contribution in [0.3, 0.4) is 0 Å². The van der Waals surface area contributed by atoms with Crippen molar-refractivity contribution in [2.45, 2.75) is 25.0 Å². The molecule has 1 saturated heterocycles. The van der Waals surface area contributed by atoms with Crippen LogP contribution >= 0.6 is 0 Å². The summed E-state index contributed by atoms with van der Waals surface area (Å²) < 4.78 is 10.9. The van der Waals surface area contributed by atoms with E-state index in [9.17, 15) is 5.11 Å². The van der Waals surface area contributed by atoms with Gasteiger partial charge in [-0.3, -0.25) is 4.90 Å². The van der Waals surface area contributed by atoms with Gasteiger partial charge in [0.15, 0.2) is 11.5 Å². The van der Waals surface area contributed by atoms with Gasteiger partial charge in [0.2, 0.25) is 6.79 Å². The molecule has 26 heavy (non-hydrogen) atoms. The number of H-pyrrole nitrogens is 1. The summed E-state index contributed by atoms with van der Waals surface area (Å²) in [5.74, 6) is 1.73. The minimum Gasteiger partial charge on any atom is -0.454 e. The Morgan fingerprint density at radius 3 is 2.92 bits per heavy atom. The van der Waals surface area contributed by atoms with Crippen molar-refractivity contribution in [2.24, 2.45) is 0 Å². The standard InChI is InChI=1S/C21H22N2O3/c24-19-12-23(11-14-1-3-18-16(9-14)5-7-22-18)8-6-17(19)15-2-4-20-21(10-15)26-13-25-20/h1-5,7,9-10,17,19,22,24H,6,8,11-13H2/t17-,19+/m0/s1. The van der Waals surface area contributed by atoms with Crippen molar-refractivity contribution in [3.63, 3.8) is 0 Å². The number of hydrogen-bond donors (Lipinski definition) is 2. The summed E-state index contributed by atoms with van der Waals surface area (Å²) in [4.78, 5) is 5.56. The summed E-state index contributed by atoms with van der Waals surface area (Å²) in [6, 6.07) is 14.6. The van der Waals surface area contributed by atoms with Crippen molar-refractivity contribution in [2.75, 3.05) is 19.9 Å². The van der Waals surface area contributed by atoms with E-state index in [2.05, 4.69) is 40.2 Å². The van der Waals surface area contributed by atoms with Crippen LogP contribution in [0.1, 0.15) is 23.5 Å². The first kappa shape index (κ1) is 15.7. The molecule has 2 aliphatic rings. The minimum atomic E-state index is -0.375. The van der Waals surface area contributed by atoms with Crippen molar-refractivity contribution in [3.05, 3.63) is 59.8 Å². The molecule has 3 aromatic rings. The van der Waals surface area contributed by atoms with Crippen LogP contribution in [0.5, 0.6) is 11.5 Å². The molecule has 2 atom stereocenters. The Hall–Kier alpha value is -2.50. The largest absolute Gasteiger partial charge is 0.454 e. The zero-order chi connectivity index (χ0) is 17.5. The zero-order valence-corrected chi connectivity index (χ0v) is 14.5. The molecule has 5 nitrogen and oxygen atoms in total. The third-order valence-corrected chi connectivity index (χ3v) is 5.51. The second-order valence-corrected chi connectivity index (χ2v) is 7.21. The molecule has 2 aromatic carbocycles. The molecule has 0 radical (unpaired) electrons. The van der Waals surface area contributed by atoms with Gasteiger partial charge in [0.05, 0.1) is 6.10 Å². The van der Waals surface area contributed by atoms with Gasteiger partial charge in [-0.1, -0.05) is 12.1 Å². The highest BCUT2D eigenvalue weighted by Crippen LogP contribution is 2.37. The third kappa shape index (κ3) is 2.83. The number of aromatic nitrogens is 1. The second kappa shape index (κ2) is 6.34. The molecule has 3 heterocycles. The molecule has 5 heteroatoms. The molecule has 0 unspecified atom stereocenters. The molecular formula is C21H22N2O3. The fourth-order valence-corrected chi connectivity index (χ4v) is 4.13. The van der Waals surface area contributed by atoms with Crippen molar-refractivity contribution < 1.29 is 14.6 Å². The molecule has 0 saturated carbocycles. The van der Waals surface area contributed by atoms with Crippen molar-refractivity contribution in [1.29, 1.82) is 0 Å².